The second kappa shape index (κ2) is 9.06. The van der Waals surface area contributed by atoms with Gasteiger partial charge in [-0.05, 0) is 50.9 Å². The minimum absolute atomic E-state index is 0.0199. The molecule has 0 spiro atoms. The van der Waals surface area contributed by atoms with Crippen LogP contribution in [0.1, 0.15) is 37.8 Å². The molecule has 0 aromatic heterocycles. The molecule has 2 heterocycles. The fourth-order valence-electron chi connectivity index (χ4n) is 3.95. The number of ether oxygens (including phenoxy) is 1. The van der Waals surface area contributed by atoms with Crippen LogP contribution < -0.4 is 0 Å². The largest absolute Gasteiger partial charge is 0.376 e. The fraction of sp³-hybridized carbons (Fsp3) is 0.650. The molecular weight excluding hydrogens is 402 g/mol. The van der Waals surface area contributed by atoms with E-state index >= 15 is 0 Å². The molecule has 2 fully saturated rings. The molecule has 9 heteroatoms. The first-order valence-corrected chi connectivity index (χ1v) is 11.7. The van der Waals surface area contributed by atoms with Gasteiger partial charge in [0.15, 0.2) is 21.5 Å². The minimum Gasteiger partial charge on any atom is -0.376 e. The molecular formula is C20H28F2N2O4S. The molecule has 2 aliphatic rings. The molecule has 6 nitrogen and oxygen atoms in total. The number of halogens is 2. The zero-order valence-corrected chi connectivity index (χ0v) is 17.6. The first-order chi connectivity index (χ1) is 13.7. The Balaban J connectivity index is 1.69. The zero-order chi connectivity index (χ0) is 21.2. The lowest BCUT2D eigenvalue weighted by Crippen LogP contribution is -2.49. The van der Waals surface area contributed by atoms with Crippen molar-refractivity contribution in [1.29, 1.82) is 0 Å². The Labute approximate surface area is 170 Å². The van der Waals surface area contributed by atoms with Crippen molar-refractivity contribution in [1.82, 2.24) is 9.80 Å². The second-order valence-corrected chi connectivity index (χ2v) is 10.2. The zero-order valence-electron chi connectivity index (χ0n) is 16.8. The molecule has 3 unspecified atom stereocenters. The number of sulfone groups is 1. The van der Waals surface area contributed by atoms with Crippen molar-refractivity contribution in [2.24, 2.45) is 0 Å². The molecule has 3 rings (SSSR count). The highest BCUT2D eigenvalue weighted by molar-refractivity contribution is 7.91. The van der Waals surface area contributed by atoms with Crippen LogP contribution in [0.2, 0.25) is 0 Å². The molecule has 1 amide bonds. The van der Waals surface area contributed by atoms with Crippen LogP contribution in [0, 0.1) is 11.6 Å². The number of nitrogens with zero attached hydrogens (tertiary/aromatic N) is 2. The van der Waals surface area contributed by atoms with E-state index in [1.165, 1.54) is 6.07 Å². The van der Waals surface area contributed by atoms with E-state index in [9.17, 15) is 22.0 Å². The van der Waals surface area contributed by atoms with Gasteiger partial charge >= 0.3 is 0 Å². The Bertz CT molecular complexity index is 843. The lowest BCUT2D eigenvalue weighted by Gasteiger charge is -2.33. The minimum atomic E-state index is -3.13. The third-order valence-electron chi connectivity index (χ3n) is 5.87. The van der Waals surface area contributed by atoms with Crippen molar-refractivity contribution in [2.75, 3.05) is 38.2 Å². The highest BCUT2D eigenvalue weighted by Crippen LogP contribution is 2.24. The van der Waals surface area contributed by atoms with Gasteiger partial charge in [0, 0.05) is 25.2 Å². The van der Waals surface area contributed by atoms with Crippen molar-refractivity contribution in [3.05, 3.63) is 35.4 Å². The molecule has 0 bridgehead atoms. The topological polar surface area (TPSA) is 66.9 Å². The van der Waals surface area contributed by atoms with E-state index in [1.807, 2.05) is 6.92 Å². The molecule has 162 valence electrons. The maximum Gasteiger partial charge on any atom is 0.237 e. The molecule has 2 saturated heterocycles. The number of hydrogen-bond acceptors (Lipinski definition) is 5. The standard InChI is InChI=1S/C20H28F2N2O4S/c1-14(15-5-6-18(21)19(22)10-15)23(2)12-20(25)24(11-17-4-3-8-28-17)16-7-9-29(26,27)13-16/h5-6,10,14,16-17H,3-4,7-9,11-13H2,1-2H3. The smallest absolute Gasteiger partial charge is 0.237 e. The number of amides is 1. The van der Waals surface area contributed by atoms with Gasteiger partial charge in [0.05, 0.1) is 24.2 Å². The lowest BCUT2D eigenvalue weighted by molar-refractivity contribution is -0.136. The van der Waals surface area contributed by atoms with E-state index in [1.54, 1.807) is 16.8 Å². The summed E-state index contributed by atoms with van der Waals surface area (Å²) in [6, 6.07) is 3.05. The van der Waals surface area contributed by atoms with Crippen LogP contribution in [0.3, 0.4) is 0 Å². The van der Waals surface area contributed by atoms with Gasteiger partial charge in [-0.1, -0.05) is 6.07 Å². The van der Waals surface area contributed by atoms with Gasteiger partial charge in [-0.25, -0.2) is 17.2 Å². The Hall–Kier alpha value is -1.58. The molecule has 29 heavy (non-hydrogen) atoms. The van der Waals surface area contributed by atoms with Crippen molar-refractivity contribution in [3.8, 4) is 0 Å². The second-order valence-electron chi connectivity index (χ2n) is 8.00. The van der Waals surface area contributed by atoms with E-state index in [-0.39, 0.29) is 42.1 Å². The van der Waals surface area contributed by atoms with Gasteiger partial charge in [-0.15, -0.1) is 0 Å². The predicted molar refractivity (Wildman–Crippen MR) is 105 cm³/mol. The Morgan fingerprint density at radius 1 is 1.28 bits per heavy atom. The molecule has 1 aromatic rings. The summed E-state index contributed by atoms with van der Waals surface area (Å²) in [4.78, 5) is 16.5. The van der Waals surface area contributed by atoms with Crippen molar-refractivity contribution < 1.29 is 26.7 Å². The number of hydrogen-bond donors (Lipinski definition) is 0. The normalized spacial score (nSPS) is 24.7. The van der Waals surface area contributed by atoms with Crippen LogP contribution in [0.25, 0.3) is 0 Å². The molecule has 0 N–H and O–H groups in total. The lowest BCUT2D eigenvalue weighted by atomic mass is 10.1. The van der Waals surface area contributed by atoms with E-state index in [4.69, 9.17) is 4.74 Å². The van der Waals surface area contributed by atoms with E-state index in [2.05, 4.69) is 0 Å². The highest BCUT2D eigenvalue weighted by atomic mass is 32.2. The monoisotopic (exact) mass is 430 g/mol. The van der Waals surface area contributed by atoms with Crippen LogP contribution in [0.4, 0.5) is 8.78 Å². The van der Waals surface area contributed by atoms with Gasteiger partial charge in [-0.2, -0.15) is 0 Å². The van der Waals surface area contributed by atoms with Gasteiger partial charge in [-0.3, -0.25) is 9.69 Å². The van der Waals surface area contributed by atoms with E-state index in [0.717, 1.165) is 25.0 Å². The van der Waals surface area contributed by atoms with E-state index in [0.29, 0.717) is 25.1 Å². The SMILES string of the molecule is CC(c1ccc(F)c(F)c1)N(C)CC(=O)N(CC1CCCO1)C1CCS(=O)(=O)C1. The first-order valence-electron chi connectivity index (χ1n) is 9.93. The van der Waals surface area contributed by atoms with Gasteiger partial charge in [0.2, 0.25) is 5.91 Å². The summed E-state index contributed by atoms with van der Waals surface area (Å²) in [6.07, 6.45) is 2.15. The third kappa shape index (κ3) is 5.52. The average Bonchev–Trinajstić information content (AvgIpc) is 3.30. The van der Waals surface area contributed by atoms with Gasteiger partial charge < -0.3 is 9.64 Å². The first kappa shape index (κ1) is 22.1. The quantitative estimate of drug-likeness (QED) is 0.663. The number of carbonyl (C=O) groups excluding carboxylic acids is 1. The Morgan fingerprint density at radius 2 is 2.03 bits per heavy atom. The average molecular weight is 431 g/mol. The summed E-state index contributed by atoms with van der Waals surface area (Å²) in [6.45, 7) is 2.89. The summed E-state index contributed by atoms with van der Waals surface area (Å²) in [5, 5.41) is 0. The number of carbonyl (C=O) groups is 1. The number of likely N-dealkylation sites (N-methyl/N-ethyl adjacent to an activating group) is 1. The fourth-order valence-corrected chi connectivity index (χ4v) is 5.68. The van der Waals surface area contributed by atoms with Crippen molar-refractivity contribution in [3.63, 3.8) is 0 Å². The van der Waals surface area contributed by atoms with Crippen molar-refractivity contribution in [2.45, 2.75) is 44.4 Å². The third-order valence-corrected chi connectivity index (χ3v) is 7.62. The molecule has 0 saturated carbocycles. The van der Waals surface area contributed by atoms with Crippen LogP contribution in [-0.4, -0.2) is 74.5 Å². The molecule has 3 atom stereocenters. The molecule has 1 aromatic carbocycles. The van der Waals surface area contributed by atoms with Gasteiger partial charge in [0.25, 0.3) is 0 Å². The molecule has 0 radical (unpaired) electrons. The van der Waals surface area contributed by atoms with Crippen LogP contribution in [0.15, 0.2) is 18.2 Å². The number of rotatable bonds is 7. The van der Waals surface area contributed by atoms with Crippen molar-refractivity contribution >= 4 is 15.7 Å². The van der Waals surface area contributed by atoms with Crippen LogP contribution in [-0.2, 0) is 19.4 Å². The Kier molecular flexibility index (Phi) is 6.90. The predicted octanol–water partition coefficient (Wildman–Crippen LogP) is 2.15. The van der Waals surface area contributed by atoms with E-state index < -0.39 is 21.5 Å². The summed E-state index contributed by atoms with van der Waals surface area (Å²) in [5.74, 6) is -1.95. The molecule has 2 aliphatic heterocycles. The van der Waals surface area contributed by atoms with Crippen LogP contribution >= 0.6 is 0 Å². The maximum atomic E-state index is 13.6. The van der Waals surface area contributed by atoms with Crippen LogP contribution in [0.5, 0.6) is 0 Å². The Morgan fingerprint density at radius 3 is 2.62 bits per heavy atom. The number of benzene rings is 1. The summed E-state index contributed by atoms with van der Waals surface area (Å²) in [5.41, 5.74) is 0.563. The molecule has 0 aliphatic carbocycles. The summed E-state index contributed by atoms with van der Waals surface area (Å²) in [7, 11) is -1.39. The summed E-state index contributed by atoms with van der Waals surface area (Å²) < 4.78 is 56.3. The van der Waals surface area contributed by atoms with Gasteiger partial charge in [0.1, 0.15) is 0 Å². The highest BCUT2D eigenvalue weighted by Gasteiger charge is 2.36. The maximum absolute atomic E-state index is 13.6. The summed E-state index contributed by atoms with van der Waals surface area (Å²) >= 11 is 0.